The average molecular weight is 389 g/mol. The summed E-state index contributed by atoms with van der Waals surface area (Å²) in [5.74, 6) is 2.13. The summed E-state index contributed by atoms with van der Waals surface area (Å²) in [6, 6.07) is 14.2. The number of amides is 1. The highest BCUT2D eigenvalue weighted by molar-refractivity contribution is 5.91. The average Bonchev–Trinajstić information content (AvgIpc) is 3.26. The highest BCUT2D eigenvalue weighted by Gasteiger charge is 2.51. The van der Waals surface area contributed by atoms with Crippen molar-refractivity contribution in [3.05, 3.63) is 60.0 Å². The van der Waals surface area contributed by atoms with Gasteiger partial charge in [-0.05, 0) is 43.9 Å². The first kappa shape index (κ1) is 17.8. The third kappa shape index (κ3) is 3.37. The van der Waals surface area contributed by atoms with E-state index in [0.717, 1.165) is 49.3 Å². The van der Waals surface area contributed by atoms with Gasteiger partial charge in [0, 0.05) is 25.3 Å². The molecule has 0 unspecified atom stereocenters. The van der Waals surface area contributed by atoms with E-state index in [1.54, 1.807) is 13.1 Å². The van der Waals surface area contributed by atoms with Crippen LogP contribution in [0.15, 0.2) is 53.2 Å². The van der Waals surface area contributed by atoms with Crippen LogP contribution in [-0.2, 0) is 10.2 Å². The number of pyridine rings is 1. The summed E-state index contributed by atoms with van der Waals surface area (Å²) >= 11 is 0. The zero-order valence-electron chi connectivity index (χ0n) is 16.3. The molecular formula is C22H23N5O2. The van der Waals surface area contributed by atoms with Gasteiger partial charge in [-0.15, -0.1) is 0 Å². The molecule has 29 heavy (non-hydrogen) atoms. The zero-order valence-corrected chi connectivity index (χ0v) is 16.3. The lowest BCUT2D eigenvalue weighted by Crippen LogP contribution is -2.43. The summed E-state index contributed by atoms with van der Waals surface area (Å²) < 4.78 is 5.19. The van der Waals surface area contributed by atoms with Crippen LogP contribution in [0.3, 0.4) is 0 Å². The van der Waals surface area contributed by atoms with Gasteiger partial charge in [0.25, 0.3) is 5.89 Å². The monoisotopic (exact) mass is 389 g/mol. The van der Waals surface area contributed by atoms with Gasteiger partial charge in [-0.3, -0.25) is 4.79 Å². The molecule has 1 aromatic carbocycles. The Labute approximate surface area is 169 Å². The van der Waals surface area contributed by atoms with E-state index in [1.165, 1.54) is 0 Å². The molecule has 0 radical (unpaired) electrons. The highest BCUT2D eigenvalue weighted by atomic mass is 16.5. The highest BCUT2D eigenvalue weighted by Crippen LogP contribution is 2.48. The smallest absolute Gasteiger partial charge is 0.259 e. The first-order valence-electron chi connectivity index (χ1n) is 10.0. The maximum Gasteiger partial charge on any atom is 0.259 e. The van der Waals surface area contributed by atoms with Gasteiger partial charge in [0.15, 0.2) is 5.82 Å². The molecule has 1 atom stereocenters. The van der Waals surface area contributed by atoms with Crippen molar-refractivity contribution in [2.24, 2.45) is 0 Å². The van der Waals surface area contributed by atoms with Crippen LogP contribution in [0.25, 0.3) is 11.5 Å². The summed E-state index contributed by atoms with van der Waals surface area (Å²) in [4.78, 5) is 23.9. The summed E-state index contributed by atoms with van der Waals surface area (Å²) in [6.45, 7) is 3.43. The Balaban J connectivity index is 1.22. The number of carbonyl (C=O) groups is 1. The van der Waals surface area contributed by atoms with E-state index in [0.29, 0.717) is 11.7 Å². The van der Waals surface area contributed by atoms with Gasteiger partial charge in [-0.1, -0.05) is 35.5 Å². The summed E-state index contributed by atoms with van der Waals surface area (Å²) in [7, 11) is 0. The normalized spacial score (nSPS) is 19.9. The SMILES string of the molecule is Cc1noc(-c2ccc(N3CC[C@@H](NC(=O)C4(c5ccccc5)CC4)C3)nc2)n1. The molecule has 7 heteroatoms. The molecule has 1 amide bonds. The number of aryl methyl sites for hydroxylation is 1. The fraction of sp³-hybridized carbons (Fsp3) is 0.364. The molecule has 0 spiro atoms. The fourth-order valence-electron chi connectivity index (χ4n) is 4.05. The number of nitrogens with one attached hydrogen (secondary N) is 1. The van der Waals surface area contributed by atoms with Crippen molar-refractivity contribution < 1.29 is 9.32 Å². The van der Waals surface area contributed by atoms with Crippen LogP contribution in [0.2, 0.25) is 0 Å². The number of nitrogens with zero attached hydrogens (tertiary/aromatic N) is 4. The van der Waals surface area contributed by atoms with Crippen LogP contribution in [0, 0.1) is 6.92 Å². The molecule has 1 aliphatic heterocycles. The Morgan fingerprint density at radius 2 is 2.03 bits per heavy atom. The molecule has 1 saturated carbocycles. The predicted octanol–water partition coefficient (Wildman–Crippen LogP) is 2.87. The fourth-order valence-corrected chi connectivity index (χ4v) is 4.05. The van der Waals surface area contributed by atoms with Crippen molar-refractivity contribution in [2.45, 2.75) is 37.6 Å². The third-order valence-corrected chi connectivity index (χ3v) is 5.88. The Hall–Kier alpha value is -3.22. The van der Waals surface area contributed by atoms with Crippen molar-refractivity contribution in [2.75, 3.05) is 18.0 Å². The van der Waals surface area contributed by atoms with Gasteiger partial charge < -0.3 is 14.7 Å². The van der Waals surface area contributed by atoms with Crippen molar-refractivity contribution in [3.63, 3.8) is 0 Å². The Morgan fingerprint density at radius 3 is 2.69 bits per heavy atom. The van der Waals surface area contributed by atoms with Crippen LogP contribution in [0.4, 0.5) is 5.82 Å². The van der Waals surface area contributed by atoms with Crippen molar-refractivity contribution in [3.8, 4) is 11.5 Å². The number of benzene rings is 1. The van der Waals surface area contributed by atoms with Crippen molar-refractivity contribution in [1.82, 2.24) is 20.4 Å². The molecule has 2 aliphatic rings. The molecule has 3 heterocycles. The molecular weight excluding hydrogens is 366 g/mol. The quantitative estimate of drug-likeness (QED) is 0.722. The van der Waals surface area contributed by atoms with Crippen LogP contribution < -0.4 is 10.2 Å². The minimum atomic E-state index is -0.323. The number of rotatable bonds is 5. The largest absolute Gasteiger partial charge is 0.354 e. The summed E-state index contributed by atoms with van der Waals surface area (Å²) in [5, 5.41) is 7.09. The van der Waals surface area contributed by atoms with Crippen LogP contribution >= 0.6 is 0 Å². The zero-order chi connectivity index (χ0) is 19.8. The molecule has 7 nitrogen and oxygen atoms in total. The Bertz CT molecular complexity index is 1010. The van der Waals surface area contributed by atoms with Gasteiger partial charge in [-0.2, -0.15) is 4.98 Å². The number of anilines is 1. The minimum absolute atomic E-state index is 0.142. The van der Waals surface area contributed by atoms with Gasteiger partial charge in [0.05, 0.1) is 11.0 Å². The van der Waals surface area contributed by atoms with E-state index in [4.69, 9.17) is 4.52 Å². The molecule has 2 fully saturated rings. The second-order valence-electron chi connectivity index (χ2n) is 7.91. The van der Waals surface area contributed by atoms with E-state index < -0.39 is 0 Å². The van der Waals surface area contributed by atoms with Crippen LogP contribution in [0.5, 0.6) is 0 Å². The molecule has 2 aromatic heterocycles. The standard InChI is InChI=1S/C22H23N5O2/c1-15-24-20(29-26-15)16-7-8-19(23-13-16)27-12-9-18(14-27)25-21(28)22(10-11-22)17-5-3-2-4-6-17/h2-8,13,18H,9-12,14H2,1H3,(H,25,28)/t18-/m1/s1. The van der Waals surface area contributed by atoms with E-state index in [2.05, 4.69) is 37.5 Å². The van der Waals surface area contributed by atoms with Crippen molar-refractivity contribution in [1.29, 1.82) is 0 Å². The second kappa shape index (κ2) is 6.99. The van der Waals surface area contributed by atoms with Gasteiger partial charge in [0.2, 0.25) is 5.91 Å². The minimum Gasteiger partial charge on any atom is -0.354 e. The van der Waals surface area contributed by atoms with Gasteiger partial charge >= 0.3 is 0 Å². The van der Waals surface area contributed by atoms with E-state index in [-0.39, 0.29) is 17.4 Å². The summed E-state index contributed by atoms with van der Waals surface area (Å²) in [6.07, 6.45) is 4.53. The van der Waals surface area contributed by atoms with Gasteiger partial charge in [-0.25, -0.2) is 4.98 Å². The number of hydrogen-bond acceptors (Lipinski definition) is 6. The van der Waals surface area contributed by atoms with E-state index in [9.17, 15) is 4.79 Å². The Morgan fingerprint density at radius 1 is 1.21 bits per heavy atom. The second-order valence-corrected chi connectivity index (χ2v) is 7.91. The molecule has 1 saturated heterocycles. The summed E-state index contributed by atoms with van der Waals surface area (Å²) in [5.41, 5.74) is 1.61. The lowest BCUT2D eigenvalue weighted by Gasteiger charge is -2.21. The maximum absolute atomic E-state index is 13.0. The first-order chi connectivity index (χ1) is 14.1. The lowest BCUT2D eigenvalue weighted by molar-refractivity contribution is -0.124. The molecule has 1 aliphatic carbocycles. The molecule has 1 N–H and O–H groups in total. The predicted molar refractivity (Wildman–Crippen MR) is 108 cm³/mol. The molecule has 5 rings (SSSR count). The van der Waals surface area contributed by atoms with Crippen LogP contribution in [0.1, 0.15) is 30.7 Å². The number of carbonyl (C=O) groups excluding carboxylic acids is 1. The van der Waals surface area contributed by atoms with Crippen molar-refractivity contribution >= 4 is 11.7 Å². The topological polar surface area (TPSA) is 84.2 Å². The first-order valence-corrected chi connectivity index (χ1v) is 10.0. The van der Waals surface area contributed by atoms with Gasteiger partial charge in [0.1, 0.15) is 5.82 Å². The van der Waals surface area contributed by atoms with E-state index >= 15 is 0 Å². The third-order valence-electron chi connectivity index (χ3n) is 5.88. The molecule has 0 bridgehead atoms. The van der Waals surface area contributed by atoms with E-state index in [1.807, 2.05) is 30.3 Å². The Kier molecular flexibility index (Phi) is 4.30. The van der Waals surface area contributed by atoms with Crippen LogP contribution in [-0.4, -0.2) is 40.2 Å². The molecule has 148 valence electrons. The number of aromatic nitrogens is 3. The maximum atomic E-state index is 13.0. The molecule has 3 aromatic rings. The number of hydrogen-bond donors (Lipinski definition) is 1. The lowest BCUT2D eigenvalue weighted by atomic mass is 9.94.